The number of rotatable bonds is 2. The van der Waals surface area contributed by atoms with Crippen LogP contribution in [0.2, 0.25) is 0 Å². The monoisotopic (exact) mass is 166 g/mol. The highest BCUT2D eigenvalue weighted by Crippen LogP contribution is 1.55. The fourth-order valence-electron chi connectivity index (χ4n) is 0.0986. The molecule has 10 heteroatoms. The van der Waals surface area contributed by atoms with Crippen molar-refractivity contribution >= 4 is 5.96 Å². The predicted octanol–water partition coefficient (Wildman–Crippen LogP) is -1.90. The van der Waals surface area contributed by atoms with Gasteiger partial charge in [-0.15, -0.1) is 4.91 Å². The molecule has 0 aliphatic rings. The van der Waals surface area contributed by atoms with E-state index in [1.54, 1.807) is 0 Å². The van der Waals surface area contributed by atoms with Crippen molar-refractivity contribution in [3.05, 3.63) is 15.0 Å². The number of hydrazine groups is 1. The molecule has 0 saturated heterocycles. The van der Waals surface area contributed by atoms with Gasteiger partial charge in [0.05, 0.1) is 10.1 Å². The Morgan fingerprint density at radius 1 is 1.64 bits per heavy atom. The van der Waals surface area contributed by atoms with Crippen molar-refractivity contribution in [2.75, 3.05) is 0 Å². The van der Waals surface area contributed by atoms with Gasteiger partial charge in [-0.05, 0) is 5.53 Å². The largest absolute Gasteiger partial charge is 0.379 e. The Balaban J connectivity index is 0. The highest BCUT2D eigenvalue weighted by atomic mass is 16.7. The fourth-order valence-corrected chi connectivity index (χ4v) is 0.0986. The topological polar surface area (TPSA) is 169 Å². The average Bonchev–Trinajstić information content (AvgIpc) is 1.85. The minimum Gasteiger partial charge on any atom is -0.379 e. The normalized spacial score (nSPS) is 6.55. The molecule has 0 saturated carbocycles. The van der Waals surface area contributed by atoms with Crippen LogP contribution in [0, 0.1) is 15.0 Å². The van der Waals surface area contributed by atoms with E-state index in [0.717, 1.165) is 0 Å². The smallest absolute Gasteiger partial charge is 0.332 e. The molecule has 0 aromatic heterocycles. The number of hydrazone groups is 1. The molecule has 0 aliphatic heterocycles. The molecule has 0 amide bonds. The molecule has 0 spiro atoms. The maximum absolute atomic E-state index is 9.38. The molecule has 10 nitrogen and oxygen atoms in total. The van der Waals surface area contributed by atoms with Gasteiger partial charge in [-0.25, -0.2) is 0 Å². The van der Waals surface area contributed by atoms with Crippen molar-refractivity contribution in [3.63, 3.8) is 0 Å². The Kier molecular flexibility index (Phi) is 8.33. The lowest BCUT2D eigenvalue weighted by molar-refractivity contribution is -0.545. The Hall–Kier alpha value is -2.13. The Morgan fingerprint density at radius 3 is 2.09 bits per heavy atom. The SMILES string of the molecule is NC(N)=NN[N+](=O)[O-].O=NO. The summed E-state index contributed by atoms with van der Waals surface area (Å²) in [6, 6.07) is 0. The van der Waals surface area contributed by atoms with Crippen LogP contribution in [-0.4, -0.2) is 16.2 Å². The summed E-state index contributed by atoms with van der Waals surface area (Å²) in [5, 5.41) is 19.2. The summed E-state index contributed by atoms with van der Waals surface area (Å²) in [6.07, 6.45) is 0. The summed E-state index contributed by atoms with van der Waals surface area (Å²) < 4.78 is 0. The molecule has 0 atom stereocenters. The van der Waals surface area contributed by atoms with Gasteiger partial charge >= 0.3 is 5.96 Å². The Bertz CT molecular complexity index is 149. The van der Waals surface area contributed by atoms with Crippen molar-refractivity contribution in [2.45, 2.75) is 0 Å². The maximum Gasteiger partial charge on any atom is 0.332 e. The van der Waals surface area contributed by atoms with Crippen LogP contribution in [0.4, 0.5) is 0 Å². The first-order valence-electron chi connectivity index (χ1n) is 2.00. The molecule has 64 valence electrons. The van der Waals surface area contributed by atoms with Crippen LogP contribution in [0.15, 0.2) is 10.4 Å². The first-order chi connectivity index (χ1) is 5.04. The van der Waals surface area contributed by atoms with Crippen LogP contribution in [0.25, 0.3) is 0 Å². The zero-order valence-corrected chi connectivity index (χ0v) is 5.17. The Labute approximate surface area is 59.9 Å². The lowest BCUT2D eigenvalue weighted by atomic mass is 11.1. The highest BCUT2D eigenvalue weighted by molar-refractivity contribution is 5.75. The molecule has 0 bridgehead atoms. The minimum absolute atomic E-state index is 0.373. The lowest BCUT2D eigenvalue weighted by Gasteiger charge is -1.85. The number of guanidine groups is 1. The second-order valence-electron chi connectivity index (χ2n) is 0.975. The molecule has 0 aliphatic carbocycles. The predicted molar refractivity (Wildman–Crippen MR) is 33.5 cm³/mol. The molecule has 6 N–H and O–H groups in total. The standard InChI is InChI=1S/CH5N5O2.HNO2/c2-1(3)4-5-6(7)8;2-1-3/h5H,(H4,2,3,4);(H,2,3). The summed E-state index contributed by atoms with van der Waals surface area (Å²) >= 11 is 0. The van der Waals surface area contributed by atoms with E-state index in [-0.39, 0.29) is 5.96 Å². The van der Waals surface area contributed by atoms with Gasteiger partial charge in [0.15, 0.2) is 5.34 Å². The third kappa shape index (κ3) is 32.9. The van der Waals surface area contributed by atoms with Gasteiger partial charge in [0.25, 0.3) is 0 Å². The third-order valence-corrected chi connectivity index (χ3v) is 0.261. The molecular weight excluding hydrogens is 160 g/mol. The van der Waals surface area contributed by atoms with E-state index in [1.807, 2.05) is 0 Å². The minimum atomic E-state index is -0.875. The van der Waals surface area contributed by atoms with Crippen molar-refractivity contribution in [2.24, 2.45) is 21.9 Å². The second kappa shape index (κ2) is 7.87. The van der Waals surface area contributed by atoms with Crippen molar-refractivity contribution in [3.8, 4) is 0 Å². The molecule has 0 heterocycles. The van der Waals surface area contributed by atoms with E-state index in [4.69, 9.17) is 21.6 Å². The van der Waals surface area contributed by atoms with E-state index in [0.29, 0.717) is 0 Å². The summed E-state index contributed by atoms with van der Waals surface area (Å²) in [7, 11) is 0. The molecule has 11 heavy (non-hydrogen) atoms. The van der Waals surface area contributed by atoms with Crippen LogP contribution in [0.3, 0.4) is 0 Å². The molecular formula is CH6N6O4. The molecule has 0 aromatic carbocycles. The molecule has 0 radical (unpaired) electrons. The van der Waals surface area contributed by atoms with Gasteiger partial charge in [0.1, 0.15) is 0 Å². The quantitative estimate of drug-likeness (QED) is 0.122. The number of nitrogens with zero attached hydrogens (tertiary/aromatic N) is 3. The van der Waals surface area contributed by atoms with E-state index >= 15 is 0 Å². The summed E-state index contributed by atoms with van der Waals surface area (Å²) in [4.78, 5) is 17.5. The molecule has 0 unspecified atom stereocenters. The number of nitrogens with one attached hydrogen (secondary N) is 1. The zero-order chi connectivity index (χ0) is 9.28. The number of nitro groups is 1. The lowest BCUT2D eigenvalue weighted by Crippen LogP contribution is -2.28. The van der Waals surface area contributed by atoms with Crippen LogP contribution in [0.5, 0.6) is 0 Å². The van der Waals surface area contributed by atoms with Gasteiger partial charge in [-0.2, -0.15) is 0 Å². The number of hydrogen-bond acceptors (Lipinski definition) is 5. The van der Waals surface area contributed by atoms with Gasteiger partial charge in [0.2, 0.25) is 0 Å². The maximum atomic E-state index is 9.38. The van der Waals surface area contributed by atoms with Gasteiger partial charge in [0, 0.05) is 0 Å². The summed E-state index contributed by atoms with van der Waals surface area (Å²) in [5.74, 6) is -0.373. The van der Waals surface area contributed by atoms with Crippen LogP contribution >= 0.6 is 0 Å². The van der Waals surface area contributed by atoms with Gasteiger partial charge in [-0.3, -0.25) is 0 Å². The van der Waals surface area contributed by atoms with Crippen LogP contribution < -0.4 is 17.0 Å². The molecule has 0 fully saturated rings. The van der Waals surface area contributed by atoms with E-state index in [9.17, 15) is 10.1 Å². The van der Waals surface area contributed by atoms with E-state index in [1.165, 1.54) is 10.9 Å². The Morgan fingerprint density at radius 2 is 2.00 bits per heavy atom. The summed E-state index contributed by atoms with van der Waals surface area (Å²) in [6.45, 7) is 0. The second-order valence-corrected chi connectivity index (χ2v) is 0.975. The van der Waals surface area contributed by atoms with Gasteiger partial charge in [-0.1, -0.05) is 0 Å². The first-order valence-corrected chi connectivity index (χ1v) is 2.00. The van der Waals surface area contributed by atoms with Crippen molar-refractivity contribution < 1.29 is 10.2 Å². The summed E-state index contributed by atoms with van der Waals surface area (Å²) in [5.41, 5.74) is 10.8. The van der Waals surface area contributed by atoms with Crippen LogP contribution in [0.1, 0.15) is 0 Å². The molecule has 0 aromatic rings. The van der Waals surface area contributed by atoms with E-state index < -0.39 is 5.03 Å². The van der Waals surface area contributed by atoms with Crippen molar-refractivity contribution in [1.82, 2.24) is 5.53 Å². The van der Waals surface area contributed by atoms with E-state index in [2.05, 4.69) is 5.10 Å². The molecule has 0 rings (SSSR count). The van der Waals surface area contributed by atoms with Crippen molar-refractivity contribution in [1.29, 1.82) is 0 Å². The van der Waals surface area contributed by atoms with Gasteiger partial charge < -0.3 is 26.8 Å². The zero-order valence-electron chi connectivity index (χ0n) is 5.17. The number of hydrogen-bond donors (Lipinski definition) is 4. The number of nitrogens with two attached hydrogens (primary N) is 2. The average molecular weight is 166 g/mol. The first kappa shape index (κ1) is 11.6. The highest BCUT2D eigenvalue weighted by Gasteiger charge is 1.87. The van der Waals surface area contributed by atoms with Crippen LogP contribution in [-0.2, 0) is 0 Å². The fraction of sp³-hybridized carbons (Fsp3) is 0. The third-order valence-electron chi connectivity index (χ3n) is 0.261.